The predicted molar refractivity (Wildman–Crippen MR) is 116 cm³/mol. The lowest BCUT2D eigenvalue weighted by molar-refractivity contribution is 0.0977. The fourth-order valence-electron chi connectivity index (χ4n) is 3.99. The summed E-state index contributed by atoms with van der Waals surface area (Å²) in [6.07, 6.45) is 3.00. The first-order chi connectivity index (χ1) is 14.3. The molecular formula is C26H24N2O. The first kappa shape index (κ1) is 18.9. The fraction of sp³-hybridized carbons (Fsp3) is 0.154. The number of nitrogens with one attached hydrogen (secondary N) is 1. The monoisotopic (exact) mass is 380 g/mol. The molecule has 4 aromatic rings. The van der Waals surface area contributed by atoms with Crippen LogP contribution in [0.5, 0.6) is 0 Å². The van der Waals surface area contributed by atoms with E-state index >= 15 is 0 Å². The molecule has 0 radical (unpaired) electrons. The molecule has 0 bridgehead atoms. The zero-order valence-electron chi connectivity index (χ0n) is 16.5. The van der Waals surface area contributed by atoms with E-state index in [4.69, 9.17) is 4.98 Å². The van der Waals surface area contributed by atoms with E-state index in [0.717, 1.165) is 28.9 Å². The lowest BCUT2D eigenvalue weighted by Crippen LogP contribution is -2.32. The Morgan fingerprint density at radius 3 is 1.66 bits per heavy atom. The van der Waals surface area contributed by atoms with Crippen LogP contribution in [-0.4, -0.2) is 15.8 Å². The van der Waals surface area contributed by atoms with E-state index in [9.17, 15) is 4.79 Å². The van der Waals surface area contributed by atoms with Crippen LogP contribution in [0.3, 0.4) is 0 Å². The van der Waals surface area contributed by atoms with E-state index in [1.807, 2.05) is 61.5 Å². The average Bonchev–Trinajstić information content (AvgIpc) is 3.27. The van der Waals surface area contributed by atoms with Crippen molar-refractivity contribution in [3.05, 3.63) is 125 Å². The van der Waals surface area contributed by atoms with Crippen LogP contribution in [0, 0.1) is 0 Å². The summed E-state index contributed by atoms with van der Waals surface area (Å²) in [5.41, 5.74) is 3.21. The third kappa shape index (κ3) is 3.40. The number of aromatic nitrogens is 2. The number of hydrogen-bond donors (Lipinski definition) is 1. The molecule has 0 saturated carbocycles. The van der Waals surface area contributed by atoms with E-state index < -0.39 is 5.41 Å². The van der Waals surface area contributed by atoms with Gasteiger partial charge in [-0.1, -0.05) is 97.9 Å². The minimum Gasteiger partial charge on any atom is -0.338 e. The highest BCUT2D eigenvalue weighted by Gasteiger charge is 2.41. The van der Waals surface area contributed by atoms with Crippen molar-refractivity contribution in [3.8, 4) is 0 Å². The zero-order chi connectivity index (χ0) is 20.1. The Hall–Kier alpha value is -3.46. The Kier molecular flexibility index (Phi) is 5.39. The van der Waals surface area contributed by atoms with E-state index in [2.05, 4.69) is 41.4 Å². The molecule has 0 atom stereocenters. The number of aromatic amines is 1. The van der Waals surface area contributed by atoms with Gasteiger partial charge in [0, 0.05) is 6.42 Å². The van der Waals surface area contributed by atoms with E-state index in [1.54, 1.807) is 6.20 Å². The molecular weight excluding hydrogens is 356 g/mol. The SMILES string of the molecule is CCCC(=O)c1cnc(C(c2ccccc2)(c2ccccc2)c2ccccc2)[nH]1. The second-order valence-electron chi connectivity index (χ2n) is 7.17. The maximum Gasteiger partial charge on any atom is 0.180 e. The van der Waals surface area contributed by atoms with Gasteiger partial charge in [-0.05, 0) is 23.1 Å². The first-order valence-electron chi connectivity index (χ1n) is 10.0. The summed E-state index contributed by atoms with van der Waals surface area (Å²) >= 11 is 0. The van der Waals surface area contributed by atoms with E-state index in [1.165, 1.54) is 0 Å². The molecule has 29 heavy (non-hydrogen) atoms. The van der Waals surface area contributed by atoms with Gasteiger partial charge in [-0.3, -0.25) is 4.79 Å². The number of carbonyl (C=O) groups excluding carboxylic acids is 1. The van der Waals surface area contributed by atoms with Gasteiger partial charge in [0.25, 0.3) is 0 Å². The Morgan fingerprint density at radius 1 is 0.793 bits per heavy atom. The molecule has 0 amide bonds. The summed E-state index contributed by atoms with van der Waals surface area (Å²) in [7, 11) is 0. The summed E-state index contributed by atoms with van der Waals surface area (Å²) < 4.78 is 0. The molecule has 144 valence electrons. The van der Waals surface area contributed by atoms with Crippen LogP contribution < -0.4 is 0 Å². The highest BCUT2D eigenvalue weighted by atomic mass is 16.1. The predicted octanol–water partition coefficient (Wildman–Crippen LogP) is 5.78. The Labute approximate surface area is 171 Å². The second kappa shape index (κ2) is 8.27. The van der Waals surface area contributed by atoms with Crippen molar-refractivity contribution in [1.29, 1.82) is 0 Å². The quantitative estimate of drug-likeness (QED) is 0.326. The van der Waals surface area contributed by atoms with Crippen molar-refractivity contribution >= 4 is 5.78 Å². The smallest absolute Gasteiger partial charge is 0.180 e. The van der Waals surface area contributed by atoms with Crippen molar-refractivity contribution in [1.82, 2.24) is 9.97 Å². The van der Waals surface area contributed by atoms with Crippen molar-refractivity contribution in [3.63, 3.8) is 0 Å². The van der Waals surface area contributed by atoms with Crippen molar-refractivity contribution in [2.75, 3.05) is 0 Å². The van der Waals surface area contributed by atoms with Crippen LogP contribution in [0.2, 0.25) is 0 Å². The van der Waals surface area contributed by atoms with Crippen LogP contribution in [-0.2, 0) is 5.41 Å². The first-order valence-corrected chi connectivity index (χ1v) is 10.0. The Bertz CT molecular complexity index is 973. The number of benzene rings is 3. The molecule has 1 aromatic heterocycles. The van der Waals surface area contributed by atoms with Crippen LogP contribution in [0.25, 0.3) is 0 Å². The highest BCUT2D eigenvalue weighted by molar-refractivity contribution is 5.94. The molecule has 4 rings (SSSR count). The van der Waals surface area contributed by atoms with Crippen LogP contribution >= 0.6 is 0 Å². The normalized spacial score (nSPS) is 11.3. The lowest BCUT2D eigenvalue weighted by Gasteiger charge is -2.34. The molecule has 3 aromatic carbocycles. The fourth-order valence-corrected chi connectivity index (χ4v) is 3.99. The summed E-state index contributed by atoms with van der Waals surface area (Å²) in [4.78, 5) is 20.6. The minimum absolute atomic E-state index is 0.0920. The van der Waals surface area contributed by atoms with Gasteiger partial charge in [0.2, 0.25) is 0 Å². The Morgan fingerprint density at radius 2 is 1.24 bits per heavy atom. The van der Waals surface area contributed by atoms with Crippen molar-refractivity contribution in [2.24, 2.45) is 0 Å². The molecule has 0 aliphatic carbocycles. The zero-order valence-corrected chi connectivity index (χ0v) is 16.5. The largest absolute Gasteiger partial charge is 0.338 e. The molecule has 0 aliphatic rings. The maximum absolute atomic E-state index is 12.5. The van der Waals surface area contributed by atoms with Gasteiger partial charge in [0.1, 0.15) is 16.9 Å². The summed E-state index contributed by atoms with van der Waals surface area (Å²) in [5, 5.41) is 0. The lowest BCUT2D eigenvalue weighted by atomic mass is 9.69. The van der Waals surface area contributed by atoms with Gasteiger partial charge < -0.3 is 4.98 Å². The topological polar surface area (TPSA) is 45.8 Å². The molecule has 0 fully saturated rings. The molecule has 0 aliphatic heterocycles. The number of imidazole rings is 1. The van der Waals surface area contributed by atoms with Gasteiger partial charge in [-0.2, -0.15) is 0 Å². The number of carbonyl (C=O) groups is 1. The van der Waals surface area contributed by atoms with Gasteiger partial charge in [-0.15, -0.1) is 0 Å². The molecule has 3 nitrogen and oxygen atoms in total. The van der Waals surface area contributed by atoms with Gasteiger partial charge >= 0.3 is 0 Å². The van der Waals surface area contributed by atoms with E-state index in [0.29, 0.717) is 12.1 Å². The molecule has 1 N–H and O–H groups in total. The van der Waals surface area contributed by atoms with Crippen molar-refractivity contribution in [2.45, 2.75) is 25.2 Å². The van der Waals surface area contributed by atoms with Gasteiger partial charge in [0.15, 0.2) is 5.78 Å². The second-order valence-corrected chi connectivity index (χ2v) is 7.17. The van der Waals surface area contributed by atoms with Crippen LogP contribution in [0.1, 0.15) is 52.8 Å². The summed E-state index contributed by atoms with van der Waals surface area (Å²) in [6, 6.07) is 31.0. The molecule has 0 unspecified atom stereocenters. The number of rotatable bonds is 7. The average molecular weight is 380 g/mol. The van der Waals surface area contributed by atoms with Gasteiger partial charge in [-0.25, -0.2) is 4.98 Å². The molecule has 0 saturated heterocycles. The number of Topliss-reactive ketones (excluding diaryl/α,β-unsaturated/α-hetero) is 1. The molecule has 0 spiro atoms. The third-order valence-corrected chi connectivity index (χ3v) is 5.33. The van der Waals surface area contributed by atoms with Crippen LogP contribution in [0.4, 0.5) is 0 Å². The van der Waals surface area contributed by atoms with Crippen LogP contribution in [0.15, 0.2) is 97.2 Å². The summed E-state index contributed by atoms with van der Waals surface area (Å²) in [6.45, 7) is 2.01. The highest BCUT2D eigenvalue weighted by Crippen LogP contribution is 2.43. The standard InChI is InChI=1S/C26H24N2O/c1-2-12-24(29)23-19-27-25(28-23)26(20-13-6-3-7-14-20,21-15-8-4-9-16-21)22-17-10-5-11-18-22/h3-11,13-19H,2,12H2,1H3,(H,27,28). The Balaban J connectivity index is 2.03. The number of H-pyrrole nitrogens is 1. The summed E-state index contributed by atoms with van der Waals surface area (Å²) in [5.74, 6) is 0.842. The maximum atomic E-state index is 12.5. The van der Waals surface area contributed by atoms with E-state index in [-0.39, 0.29) is 5.78 Å². The molecule has 3 heteroatoms. The molecule has 1 heterocycles. The number of nitrogens with zero attached hydrogens (tertiary/aromatic N) is 1. The minimum atomic E-state index is -0.644. The van der Waals surface area contributed by atoms with Gasteiger partial charge in [0.05, 0.1) is 6.20 Å². The number of ketones is 1. The van der Waals surface area contributed by atoms with Crippen molar-refractivity contribution < 1.29 is 4.79 Å². The number of hydrogen-bond acceptors (Lipinski definition) is 2. The third-order valence-electron chi connectivity index (χ3n) is 5.33.